The van der Waals surface area contributed by atoms with Crippen LogP contribution >= 0.6 is 33.9 Å². The molecule has 12 heteroatoms. The van der Waals surface area contributed by atoms with Crippen LogP contribution in [0.2, 0.25) is 18.1 Å². The normalized spacial score (nSPS) is 27.6. The van der Waals surface area contributed by atoms with Crippen LogP contribution in [0, 0.1) is 51.9 Å². The monoisotopic (exact) mass is 1270 g/mol. The number of aryl methyl sites for hydroxylation is 2. The Labute approximate surface area is 515 Å². The van der Waals surface area contributed by atoms with E-state index in [1.165, 1.54) is 75.7 Å². The van der Waals surface area contributed by atoms with Crippen molar-refractivity contribution in [3.63, 3.8) is 0 Å². The fourth-order valence-electron chi connectivity index (χ4n) is 15.1. The van der Waals surface area contributed by atoms with Gasteiger partial charge in [0, 0.05) is 63.1 Å². The van der Waals surface area contributed by atoms with E-state index in [2.05, 4.69) is 170 Å². The number of methoxy groups -OCH3 is 2. The minimum atomic E-state index is -1.80. The highest BCUT2D eigenvalue weighted by molar-refractivity contribution is 14.1. The Kier molecular flexibility index (Phi) is 18.9. The molecule has 13 rings (SSSR count). The third-order valence-electron chi connectivity index (χ3n) is 21.7. The van der Waals surface area contributed by atoms with Gasteiger partial charge >= 0.3 is 0 Å². The Morgan fingerprint density at radius 1 is 0.651 bits per heavy atom. The first-order valence-corrected chi connectivity index (χ1v) is 36.1. The van der Waals surface area contributed by atoms with Crippen LogP contribution in [0.5, 0.6) is 11.5 Å². The van der Waals surface area contributed by atoms with Crippen LogP contribution in [0.4, 0.5) is 11.4 Å². The minimum absolute atomic E-state index is 0.0339. The van der Waals surface area contributed by atoms with Crippen LogP contribution in [0.25, 0.3) is 0 Å². The molecule has 83 heavy (non-hydrogen) atoms. The molecule has 5 aromatic rings. The SMILES string of the molecule is COc1ccc(C23CCC(CN(C(=O)C4CCC(O)CC4)c4cccc(C#Cc5nccs5)c4)(CC2)CC3)cc1C.COc1ccc(C23CCC(CN(C(=O)C4CCC(O[Si](C)(C)C(C)(C)C)CC4)c4cccc(I)c4)(CC2)CC3)cc1C. The van der Waals surface area contributed by atoms with E-state index in [9.17, 15) is 14.7 Å². The average Bonchev–Trinajstić information content (AvgIpc) is 4.17. The van der Waals surface area contributed by atoms with E-state index in [0.717, 1.165) is 124 Å². The van der Waals surface area contributed by atoms with Gasteiger partial charge in [0.25, 0.3) is 0 Å². The van der Waals surface area contributed by atoms with Crippen LogP contribution in [0.15, 0.2) is 96.5 Å². The summed E-state index contributed by atoms with van der Waals surface area (Å²) < 4.78 is 19.0. The number of aliphatic hydroxyl groups excluding tert-OH is 1. The largest absolute Gasteiger partial charge is 0.496 e. The number of rotatable bonds is 14. The number of amides is 2. The van der Waals surface area contributed by atoms with Crippen LogP contribution < -0.4 is 19.3 Å². The lowest BCUT2D eigenvalue weighted by Gasteiger charge is -2.55. The standard InChI is InChI=1S/C36H52INO3Si.C35H40N2O3S/c1-26-23-28(13-16-32(26)40-5)36-20-17-35(18-21-36,19-22-36)25-38(30-10-8-9-29(37)24-30)33(39)27-11-14-31(15-12-27)41-42(6,7)34(2,3)4;1-25-22-28(9-12-31(25)40-2)35-17-14-34(15-18-35,16-19-35)24-37(33(39)27-7-10-30(38)11-8-27)29-5-3-4-26(23-29)6-13-32-36-20-21-41-32/h8-10,13,16,23-24,27,31H,11-12,14-15,17-22,25H2,1-7H3;3-5,9,12,20-23,27,30,38H,7-8,10-11,14-19,24H2,1-2H3. The molecular formula is C71H92IN3O6SSi. The number of ether oxygens (including phenoxy) is 2. The van der Waals surface area contributed by atoms with Gasteiger partial charge < -0.3 is 28.8 Å². The molecule has 0 radical (unpaired) electrons. The van der Waals surface area contributed by atoms with Crippen molar-refractivity contribution in [3.05, 3.63) is 133 Å². The van der Waals surface area contributed by atoms with Crippen molar-refractivity contribution in [2.75, 3.05) is 37.1 Å². The lowest BCUT2D eigenvalue weighted by molar-refractivity contribution is -0.125. The average molecular weight is 1270 g/mol. The fraction of sp³-hybridized carbons (Fsp3) is 0.563. The summed E-state index contributed by atoms with van der Waals surface area (Å²) in [5.41, 5.74) is 9.13. The molecule has 1 heterocycles. The van der Waals surface area contributed by atoms with Crippen molar-refractivity contribution in [1.82, 2.24) is 4.98 Å². The number of hydrogen-bond donors (Lipinski definition) is 1. The van der Waals surface area contributed by atoms with Gasteiger partial charge in [0.15, 0.2) is 13.3 Å². The second-order valence-corrected chi connectivity index (χ2v) is 34.6. The van der Waals surface area contributed by atoms with Crippen LogP contribution in [0.3, 0.4) is 0 Å². The molecule has 4 aromatic carbocycles. The van der Waals surface area contributed by atoms with Gasteiger partial charge in [-0.05, 0) is 281 Å². The molecule has 8 fully saturated rings. The van der Waals surface area contributed by atoms with Crippen molar-refractivity contribution in [2.24, 2.45) is 22.7 Å². The molecule has 9 nitrogen and oxygen atoms in total. The maximum atomic E-state index is 14.4. The first-order valence-electron chi connectivity index (χ1n) is 31.2. The summed E-state index contributed by atoms with van der Waals surface area (Å²) in [6.45, 7) is 17.5. The number of carbonyl (C=O) groups is 2. The molecule has 0 spiro atoms. The lowest BCUT2D eigenvalue weighted by Crippen LogP contribution is -2.52. The Hall–Kier alpha value is -4.52. The predicted molar refractivity (Wildman–Crippen MR) is 349 cm³/mol. The zero-order valence-corrected chi connectivity index (χ0v) is 55.2. The molecule has 1 N–H and O–H groups in total. The van der Waals surface area contributed by atoms with Gasteiger partial charge in [-0.2, -0.15) is 0 Å². The molecule has 0 saturated heterocycles. The van der Waals surface area contributed by atoms with E-state index in [1.807, 2.05) is 17.5 Å². The van der Waals surface area contributed by atoms with Crippen molar-refractivity contribution < 1.29 is 28.6 Å². The number of aromatic nitrogens is 1. The molecule has 2 amide bonds. The van der Waals surface area contributed by atoms with Crippen LogP contribution in [-0.4, -0.2) is 69.7 Å². The van der Waals surface area contributed by atoms with E-state index < -0.39 is 8.32 Å². The highest BCUT2D eigenvalue weighted by Crippen LogP contribution is 2.60. The molecule has 444 valence electrons. The molecule has 0 unspecified atom stereocenters. The van der Waals surface area contributed by atoms with E-state index in [1.54, 1.807) is 20.4 Å². The molecule has 4 bridgehead atoms. The summed E-state index contributed by atoms with van der Waals surface area (Å²) >= 11 is 3.92. The number of hydrogen-bond acceptors (Lipinski definition) is 8. The summed E-state index contributed by atoms with van der Waals surface area (Å²) in [4.78, 5) is 37.1. The number of benzene rings is 4. The molecule has 8 aliphatic carbocycles. The Morgan fingerprint density at radius 3 is 1.55 bits per heavy atom. The number of thiazole rings is 1. The quantitative estimate of drug-likeness (QED) is 0.0671. The van der Waals surface area contributed by atoms with Gasteiger partial charge in [0.05, 0.1) is 20.3 Å². The predicted octanol–water partition coefficient (Wildman–Crippen LogP) is 16.9. The lowest BCUT2D eigenvalue weighted by atomic mass is 9.51. The summed E-state index contributed by atoms with van der Waals surface area (Å²) in [6, 6.07) is 30.3. The Balaban J connectivity index is 0.000000185. The second-order valence-electron chi connectivity index (χ2n) is 27.8. The summed E-state index contributed by atoms with van der Waals surface area (Å²) in [5, 5.41) is 13.0. The Morgan fingerprint density at radius 2 is 1.12 bits per heavy atom. The number of carbonyl (C=O) groups excluding carboxylic acids is 2. The maximum Gasteiger partial charge on any atom is 0.230 e. The zero-order valence-electron chi connectivity index (χ0n) is 51.2. The number of anilines is 2. The highest BCUT2D eigenvalue weighted by atomic mass is 127. The molecule has 8 aliphatic rings. The first kappa shape index (κ1) is 61.6. The van der Waals surface area contributed by atoms with Gasteiger partial charge in [-0.25, -0.2) is 4.98 Å². The van der Waals surface area contributed by atoms with Crippen molar-refractivity contribution in [2.45, 2.75) is 204 Å². The molecule has 0 aliphatic heterocycles. The number of aliphatic hydroxyl groups is 1. The number of nitrogens with zero attached hydrogens (tertiary/aromatic N) is 3. The van der Waals surface area contributed by atoms with Gasteiger partial charge in [-0.3, -0.25) is 9.59 Å². The van der Waals surface area contributed by atoms with E-state index in [-0.39, 0.29) is 50.5 Å². The maximum absolute atomic E-state index is 14.4. The van der Waals surface area contributed by atoms with Gasteiger partial charge in [-0.15, -0.1) is 11.3 Å². The van der Waals surface area contributed by atoms with Crippen LogP contribution in [0.1, 0.15) is 182 Å². The number of halogens is 1. The highest BCUT2D eigenvalue weighted by Gasteiger charge is 2.53. The molecule has 1 aromatic heterocycles. The third kappa shape index (κ3) is 13.7. The summed E-state index contributed by atoms with van der Waals surface area (Å²) in [5.74, 6) is 8.95. The smallest absolute Gasteiger partial charge is 0.230 e. The molecule has 0 atom stereocenters. The third-order valence-corrected chi connectivity index (χ3v) is 27.6. The van der Waals surface area contributed by atoms with Crippen LogP contribution in [-0.2, 0) is 24.8 Å². The molecule has 8 saturated carbocycles. The summed E-state index contributed by atoms with van der Waals surface area (Å²) in [7, 11) is 1.69. The van der Waals surface area contributed by atoms with Crippen molar-refractivity contribution >= 4 is 65.4 Å². The summed E-state index contributed by atoms with van der Waals surface area (Å²) in [6.07, 6.45) is 22.7. The van der Waals surface area contributed by atoms with Crippen molar-refractivity contribution in [3.8, 4) is 23.3 Å². The fourth-order valence-corrected chi connectivity index (χ4v) is 17.6. The number of fused-ring (bicyclic) bond motifs is 6. The Bertz CT molecular complexity index is 3090. The van der Waals surface area contributed by atoms with E-state index >= 15 is 0 Å². The zero-order chi connectivity index (χ0) is 58.8. The van der Waals surface area contributed by atoms with Gasteiger partial charge in [-0.1, -0.05) is 63.1 Å². The first-order chi connectivity index (χ1) is 39.6. The topological polar surface area (TPSA) is 101 Å². The second kappa shape index (κ2) is 25.4. The van der Waals surface area contributed by atoms with Gasteiger partial charge in [0.2, 0.25) is 11.8 Å². The molecular weight excluding hydrogens is 1180 g/mol. The van der Waals surface area contributed by atoms with E-state index in [4.69, 9.17) is 13.9 Å². The minimum Gasteiger partial charge on any atom is -0.496 e. The van der Waals surface area contributed by atoms with Gasteiger partial charge in [0.1, 0.15) is 11.5 Å². The van der Waals surface area contributed by atoms with E-state index in [0.29, 0.717) is 24.9 Å². The van der Waals surface area contributed by atoms with Crippen molar-refractivity contribution in [1.29, 1.82) is 0 Å².